The maximum atomic E-state index is 13.4. The van der Waals surface area contributed by atoms with Crippen molar-refractivity contribution in [1.82, 2.24) is 14.8 Å². The van der Waals surface area contributed by atoms with Gasteiger partial charge in [0.15, 0.2) is 0 Å². The van der Waals surface area contributed by atoms with Crippen LogP contribution < -0.4 is 5.32 Å². The lowest BCUT2D eigenvalue weighted by Crippen LogP contribution is -2.28. The van der Waals surface area contributed by atoms with Crippen molar-refractivity contribution in [2.75, 3.05) is 5.32 Å². The van der Waals surface area contributed by atoms with Crippen LogP contribution in [0.1, 0.15) is 99.4 Å². The second-order valence-corrected chi connectivity index (χ2v) is 11.4. The molecular formula is C28H38N4O. The van der Waals surface area contributed by atoms with E-state index in [0.717, 1.165) is 47.3 Å². The van der Waals surface area contributed by atoms with E-state index in [9.17, 15) is 4.79 Å². The number of rotatable bonds is 7. The Morgan fingerprint density at radius 3 is 2.55 bits per heavy atom. The summed E-state index contributed by atoms with van der Waals surface area (Å²) < 4.78 is 2.44. The van der Waals surface area contributed by atoms with Gasteiger partial charge < -0.3 is 9.88 Å². The van der Waals surface area contributed by atoms with E-state index in [1.54, 1.807) is 0 Å². The molecule has 0 spiro atoms. The second-order valence-electron chi connectivity index (χ2n) is 11.4. The zero-order valence-corrected chi connectivity index (χ0v) is 20.6. The Balaban J connectivity index is 1.37. The third-order valence-corrected chi connectivity index (χ3v) is 7.88. The van der Waals surface area contributed by atoms with Gasteiger partial charge in [-0.3, -0.25) is 4.79 Å². The molecule has 1 heterocycles. The highest BCUT2D eigenvalue weighted by molar-refractivity contribution is 5.94. The number of hydrogen-bond acceptors (Lipinski definition) is 3. The number of benzene rings is 1. The van der Waals surface area contributed by atoms with Gasteiger partial charge in [-0.25, -0.2) is 0 Å². The first kappa shape index (κ1) is 22.4. The molecule has 2 atom stereocenters. The summed E-state index contributed by atoms with van der Waals surface area (Å²) >= 11 is 0. The van der Waals surface area contributed by atoms with Crippen LogP contribution in [0, 0.1) is 31.6 Å². The van der Waals surface area contributed by atoms with Crippen LogP contribution in [0.15, 0.2) is 30.4 Å². The molecule has 5 heteroatoms. The van der Waals surface area contributed by atoms with Crippen LogP contribution in [0.3, 0.4) is 0 Å². The van der Waals surface area contributed by atoms with Gasteiger partial charge in [0, 0.05) is 23.6 Å². The van der Waals surface area contributed by atoms with Gasteiger partial charge in [0.05, 0.1) is 5.92 Å². The highest BCUT2D eigenvalue weighted by atomic mass is 16.1. The van der Waals surface area contributed by atoms with Crippen LogP contribution in [0.5, 0.6) is 0 Å². The normalized spacial score (nSPS) is 27.1. The summed E-state index contributed by atoms with van der Waals surface area (Å²) in [7, 11) is 0. The molecule has 1 unspecified atom stereocenters. The molecule has 5 nitrogen and oxygen atoms in total. The number of amides is 1. The molecule has 33 heavy (non-hydrogen) atoms. The van der Waals surface area contributed by atoms with E-state index in [-0.39, 0.29) is 17.7 Å². The number of nitrogens with one attached hydrogen (secondary N) is 1. The van der Waals surface area contributed by atoms with Crippen LogP contribution >= 0.6 is 0 Å². The van der Waals surface area contributed by atoms with Crippen LogP contribution in [0.25, 0.3) is 0 Å². The van der Waals surface area contributed by atoms with Crippen molar-refractivity contribution in [3.63, 3.8) is 0 Å². The number of carbonyl (C=O) groups excluding carboxylic acids is 1. The summed E-state index contributed by atoms with van der Waals surface area (Å²) in [5, 5.41) is 12.7. The Kier molecular flexibility index (Phi) is 5.92. The topological polar surface area (TPSA) is 59.8 Å². The fourth-order valence-corrected chi connectivity index (χ4v) is 6.08. The largest absolute Gasteiger partial charge is 0.326 e. The molecule has 1 amide bonds. The number of carbonyl (C=O) groups is 1. The Bertz CT molecular complexity index is 1060. The molecule has 0 saturated heterocycles. The van der Waals surface area contributed by atoms with E-state index in [0.29, 0.717) is 12.0 Å². The molecular weight excluding hydrogens is 408 g/mol. The van der Waals surface area contributed by atoms with Gasteiger partial charge in [-0.15, -0.1) is 10.2 Å². The smallest absolute Gasteiger partial charge is 0.228 e. The standard InChI is InChI=1S/C28H38N4O/c1-16(2)10-20-14-21(15-20)26-30-31-27(32(26)22-7-8-22)23-12-18(4)13-24(23)28(33)29-25-9-6-17(3)11-19(25)5/h6,9,11,16,20-24H,4,7-8,10,12-15H2,1-3,5H3,(H,29,33)/t20?,21?,23-,24?/m0/s1. The Labute approximate surface area is 198 Å². The van der Waals surface area contributed by atoms with Crippen molar-refractivity contribution in [2.24, 2.45) is 17.8 Å². The first-order valence-corrected chi connectivity index (χ1v) is 12.8. The molecule has 1 N–H and O–H groups in total. The Morgan fingerprint density at radius 2 is 1.88 bits per heavy atom. The second kappa shape index (κ2) is 8.73. The number of anilines is 1. The predicted molar refractivity (Wildman–Crippen MR) is 132 cm³/mol. The van der Waals surface area contributed by atoms with Crippen molar-refractivity contribution in [3.8, 4) is 0 Å². The summed E-state index contributed by atoms with van der Waals surface area (Å²) in [6.07, 6.45) is 7.74. The average molecular weight is 447 g/mol. The number of nitrogens with zero attached hydrogens (tertiary/aromatic N) is 3. The van der Waals surface area contributed by atoms with Crippen molar-refractivity contribution in [2.45, 2.75) is 90.5 Å². The molecule has 1 aromatic carbocycles. The molecule has 3 saturated carbocycles. The molecule has 3 aliphatic rings. The van der Waals surface area contributed by atoms with Crippen LogP contribution in [0.4, 0.5) is 5.69 Å². The average Bonchev–Trinajstić information content (AvgIpc) is 3.35. The number of hydrogen-bond donors (Lipinski definition) is 1. The highest BCUT2D eigenvalue weighted by Crippen LogP contribution is 2.50. The quantitative estimate of drug-likeness (QED) is 0.497. The van der Waals surface area contributed by atoms with Gasteiger partial charge in [-0.2, -0.15) is 0 Å². The molecule has 1 aromatic heterocycles. The number of allylic oxidation sites excluding steroid dienone is 1. The van der Waals surface area contributed by atoms with E-state index in [1.165, 1.54) is 43.5 Å². The van der Waals surface area contributed by atoms with Gasteiger partial charge in [-0.1, -0.05) is 43.7 Å². The molecule has 3 fully saturated rings. The van der Waals surface area contributed by atoms with Crippen LogP contribution in [0.2, 0.25) is 0 Å². The first-order valence-electron chi connectivity index (χ1n) is 12.8. The minimum atomic E-state index is -0.136. The van der Waals surface area contributed by atoms with Crippen LogP contribution in [-0.2, 0) is 4.79 Å². The summed E-state index contributed by atoms with van der Waals surface area (Å²) in [6.45, 7) is 13.0. The van der Waals surface area contributed by atoms with Crippen LogP contribution in [-0.4, -0.2) is 20.7 Å². The van der Waals surface area contributed by atoms with E-state index in [1.807, 2.05) is 6.07 Å². The third-order valence-electron chi connectivity index (χ3n) is 7.88. The molecule has 3 aliphatic carbocycles. The maximum absolute atomic E-state index is 13.4. The fraction of sp³-hybridized carbons (Fsp3) is 0.607. The summed E-state index contributed by atoms with van der Waals surface area (Å²) in [6, 6.07) is 6.69. The van der Waals surface area contributed by atoms with E-state index >= 15 is 0 Å². The predicted octanol–water partition coefficient (Wildman–Crippen LogP) is 6.46. The molecule has 5 rings (SSSR count). The minimum Gasteiger partial charge on any atom is -0.326 e. The molecule has 2 aromatic rings. The summed E-state index contributed by atoms with van der Waals surface area (Å²) in [4.78, 5) is 13.4. The Hall–Kier alpha value is -2.43. The minimum absolute atomic E-state index is 0.0663. The van der Waals surface area contributed by atoms with E-state index in [4.69, 9.17) is 10.2 Å². The first-order chi connectivity index (χ1) is 15.8. The van der Waals surface area contributed by atoms with Gasteiger partial charge in [-0.05, 0) is 82.3 Å². The van der Waals surface area contributed by atoms with Gasteiger partial charge >= 0.3 is 0 Å². The third kappa shape index (κ3) is 4.51. The van der Waals surface area contributed by atoms with Crippen molar-refractivity contribution >= 4 is 11.6 Å². The molecule has 0 aliphatic heterocycles. The lowest BCUT2D eigenvalue weighted by Gasteiger charge is -2.36. The van der Waals surface area contributed by atoms with Gasteiger partial charge in [0.25, 0.3) is 0 Å². The zero-order chi connectivity index (χ0) is 23.3. The maximum Gasteiger partial charge on any atom is 0.228 e. The lowest BCUT2D eigenvalue weighted by atomic mass is 9.71. The number of aryl methyl sites for hydroxylation is 2. The van der Waals surface area contributed by atoms with Gasteiger partial charge in [0.1, 0.15) is 11.6 Å². The van der Waals surface area contributed by atoms with Crippen molar-refractivity contribution < 1.29 is 4.79 Å². The fourth-order valence-electron chi connectivity index (χ4n) is 6.08. The summed E-state index contributed by atoms with van der Waals surface area (Å²) in [5.41, 5.74) is 4.35. The lowest BCUT2D eigenvalue weighted by molar-refractivity contribution is -0.120. The van der Waals surface area contributed by atoms with Crippen molar-refractivity contribution in [1.29, 1.82) is 0 Å². The molecule has 176 valence electrons. The summed E-state index contributed by atoms with van der Waals surface area (Å²) in [5.74, 6) is 4.33. The zero-order valence-electron chi connectivity index (χ0n) is 20.6. The monoisotopic (exact) mass is 446 g/mol. The van der Waals surface area contributed by atoms with E-state index in [2.05, 4.69) is 56.3 Å². The Morgan fingerprint density at radius 1 is 1.15 bits per heavy atom. The van der Waals surface area contributed by atoms with Crippen molar-refractivity contribution in [3.05, 3.63) is 53.1 Å². The molecule has 0 bridgehead atoms. The highest BCUT2D eigenvalue weighted by Gasteiger charge is 2.44. The van der Waals surface area contributed by atoms with E-state index < -0.39 is 0 Å². The van der Waals surface area contributed by atoms with Gasteiger partial charge in [0.2, 0.25) is 5.91 Å². The SMILES string of the molecule is C=C1CC(C(=O)Nc2ccc(C)cc2C)[C@@H](c2nnc(C3CC(CC(C)C)C3)n2C2CC2)C1. The molecule has 0 radical (unpaired) electrons. The number of aromatic nitrogens is 3.